The van der Waals surface area contributed by atoms with Gasteiger partial charge in [0.15, 0.2) is 5.75 Å². The number of nitro groups is 1. The smallest absolute Gasteiger partial charge is 0.327 e. The zero-order valence-electron chi connectivity index (χ0n) is 18.6. The number of nitro benzene ring substituents is 1. The van der Waals surface area contributed by atoms with E-state index in [0.717, 1.165) is 30.2 Å². The number of methoxy groups -OCH3 is 3. The third-order valence-electron chi connectivity index (χ3n) is 5.16. The van der Waals surface area contributed by atoms with Crippen molar-refractivity contribution < 1.29 is 28.7 Å². The lowest BCUT2D eigenvalue weighted by Gasteiger charge is -2.26. The Morgan fingerprint density at radius 1 is 1.06 bits per heavy atom. The maximum absolute atomic E-state index is 12.9. The fourth-order valence-electron chi connectivity index (χ4n) is 3.50. The molecule has 2 amide bonds. The van der Waals surface area contributed by atoms with E-state index in [-0.39, 0.29) is 35.1 Å². The molecule has 1 aliphatic heterocycles. The van der Waals surface area contributed by atoms with E-state index in [0.29, 0.717) is 5.69 Å². The number of ether oxygens (including phenoxy) is 3. The van der Waals surface area contributed by atoms with Crippen LogP contribution in [-0.2, 0) is 11.2 Å². The fourth-order valence-corrected chi connectivity index (χ4v) is 4.40. The van der Waals surface area contributed by atoms with Crippen LogP contribution in [-0.4, -0.2) is 67.6 Å². The number of benzene rings is 2. The van der Waals surface area contributed by atoms with E-state index in [1.54, 1.807) is 24.3 Å². The Hall–Kier alpha value is -3.47. The van der Waals surface area contributed by atoms with Crippen molar-refractivity contribution in [3.8, 4) is 17.2 Å². The number of hydrogen-bond donors (Lipinski definition) is 1. The topological polar surface area (TPSA) is 120 Å². The lowest BCUT2D eigenvalue weighted by molar-refractivity contribution is -0.386. The van der Waals surface area contributed by atoms with Crippen LogP contribution in [0.2, 0.25) is 0 Å². The Bertz CT molecular complexity index is 1040. The summed E-state index contributed by atoms with van der Waals surface area (Å²) in [6, 6.07) is 8.02. The Morgan fingerprint density at radius 3 is 2.24 bits per heavy atom. The minimum Gasteiger partial charge on any atom is -0.493 e. The average molecular weight is 476 g/mol. The molecule has 10 nitrogen and oxygen atoms in total. The van der Waals surface area contributed by atoms with Crippen LogP contribution in [0.3, 0.4) is 0 Å². The Balaban J connectivity index is 1.79. The highest BCUT2D eigenvalue weighted by Gasteiger charge is 2.32. The van der Waals surface area contributed by atoms with Gasteiger partial charge in [-0.3, -0.25) is 19.7 Å². The van der Waals surface area contributed by atoms with Gasteiger partial charge in [0, 0.05) is 36.3 Å². The van der Waals surface area contributed by atoms with Gasteiger partial charge in [-0.25, -0.2) is 0 Å². The molecule has 1 saturated heterocycles. The van der Waals surface area contributed by atoms with E-state index in [2.05, 4.69) is 5.32 Å². The van der Waals surface area contributed by atoms with Crippen molar-refractivity contribution in [2.24, 2.45) is 0 Å². The van der Waals surface area contributed by atoms with Crippen LogP contribution in [0.4, 0.5) is 11.4 Å². The van der Waals surface area contributed by atoms with Gasteiger partial charge in [-0.15, -0.1) is 0 Å². The standard InChI is InChI=1S/C22H25N3O7S/c1-30-17-13-16(19(25(28)29)21(32-3)20(17)31-2)22(27)23-15-6-4-14(5-7-15)12-18(26)24-8-10-33-11-9-24/h4-7,13H,8-12H2,1-3H3,(H,23,27). The quantitative estimate of drug-likeness (QED) is 0.457. The van der Waals surface area contributed by atoms with Gasteiger partial charge in [0.05, 0.1) is 32.7 Å². The highest BCUT2D eigenvalue weighted by molar-refractivity contribution is 7.99. The number of hydrogen-bond acceptors (Lipinski definition) is 8. The highest BCUT2D eigenvalue weighted by Crippen LogP contribution is 2.46. The van der Waals surface area contributed by atoms with Crippen molar-refractivity contribution in [3.05, 3.63) is 51.6 Å². The zero-order chi connectivity index (χ0) is 24.0. The molecule has 1 aliphatic rings. The second kappa shape index (κ2) is 10.9. The summed E-state index contributed by atoms with van der Waals surface area (Å²) in [7, 11) is 3.92. The van der Waals surface area contributed by atoms with Crippen LogP contribution < -0.4 is 19.5 Å². The molecule has 11 heteroatoms. The number of carbonyl (C=O) groups is 2. The average Bonchev–Trinajstić information content (AvgIpc) is 2.83. The van der Waals surface area contributed by atoms with Gasteiger partial charge in [-0.05, 0) is 17.7 Å². The lowest BCUT2D eigenvalue weighted by atomic mass is 10.1. The minimum absolute atomic E-state index is 0.0181. The Morgan fingerprint density at radius 2 is 1.70 bits per heavy atom. The summed E-state index contributed by atoms with van der Waals surface area (Å²) in [5, 5.41) is 14.4. The zero-order valence-corrected chi connectivity index (χ0v) is 19.4. The molecular formula is C22H25N3O7S. The molecule has 2 aromatic rings. The number of thioether (sulfide) groups is 1. The molecule has 0 spiro atoms. The largest absolute Gasteiger partial charge is 0.493 e. The van der Waals surface area contributed by atoms with E-state index in [1.807, 2.05) is 16.7 Å². The molecule has 0 radical (unpaired) electrons. The third kappa shape index (κ3) is 5.48. The second-order valence-electron chi connectivity index (χ2n) is 7.12. The van der Waals surface area contributed by atoms with Crippen LogP contribution in [0.1, 0.15) is 15.9 Å². The molecule has 2 aromatic carbocycles. The van der Waals surface area contributed by atoms with Gasteiger partial charge < -0.3 is 24.4 Å². The first-order valence-corrected chi connectivity index (χ1v) is 11.3. The molecule has 33 heavy (non-hydrogen) atoms. The van der Waals surface area contributed by atoms with Gasteiger partial charge in [-0.1, -0.05) is 12.1 Å². The van der Waals surface area contributed by atoms with Gasteiger partial charge in [0.25, 0.3) is 5.91 Å². The molecule has 0 bridgehead atoms. The van der Waals surface area contributed by atoms with Crippen LogP contribution in [0.25, 0.3) is 0 Å². The molecular weight excluding hydrogens is 450 g/mol. The van der Waals surface area contributed by atoms with Crippen molar-refractivity contribution in [2.75, 3.05) is 51.2 Å². The minimum atomic E-state index is -0.712. The van der Waals surface area contributed by atoms with Gasteiger partial charge in [0.1, 0.15) is 5.56 Å². The van der Waals surface area contributed by atoms with Crippen molar-refractivity contribution in [3.63, 3.8) is 0 Å². The van der Waals surface area contributed by atoms with Crippen LogP contribution in [0, 0.1) is 10.1 Å². The first-order valence-electron chi connectivity index (χ1n) is 10.1. The predicted octanol–water partition coefficient (Wildman–Crippen LogP) is 2.99. The van der Waals surface area contributed by atoms with E-state index in [4.69, 9.17) is 14.2 Å². The van der Waals surface area contributed by atoms with Crippen LogP contribution in [0.5, 0.6) is 17.2 Å². The predicted molar refractivity (Wildman–Crippen MR) is 125 cm³/mol. The van der Waals surface area contributed by atoms with Crippen molar-refractivity contribution in [2.45, 2.75) is 6.42 Å². The normalized spacial score (nSPS) is 13.2. The molecule has 0 saturated carbocycles. The SMILES string of the molecule is COc1cc(C(=O)Nc2ccc(CC(=O)N3CCSCC3)cc2)c([N+](=O)[O-])c(OC)c1OC. The molecule has 1 N–H and O–H groups in total. The van der Waals surface area contributed by atoms with Crippen LogP contribution >= 0.6 is 11.8 Å². The van der Waals surface area contributed by atoms with Crippen molar-refractivity contribution in [1.82, 2.24) is 4.90 Å². The van der Waals surface area contributed by atoms with Crippen LogP contribution in [0.15, 0.2) is 30.3 Å². The van der Waals surface area contributed by atoms with Crippen molar-refractivity contribution in [1.29, 1.82) is 0 Å². The third-order valence-corrected chi connectivity index (χ3v) is 6.10. The van der Waals surface area contributed by atoms with Gasteiger partial charge in [0.2, 0.25) is 17.4 Å². The van der Waals surface area contributed by atoms with E-state index in [1.165, 1.54) is 27.4 Å². The van der Waals surface area contributed by atoms with Crippen molar-refractivity contribution >= 4 is 35.0 Å². The number of anilines is 1. The molecule has 3 rings (SSSR count). The summed E-state index contributed by atoms with van der Waals surface area (Å²) < 4.78 is 15.5. The molecule has 0 aromatic heterocycles. The molecule has 0 unspecified atom stereocenters. The van der Waals surface area contributed by atoms with Gasteiger partial charge >= 0.3 is 5.69 Å². The number of amides is 2. The second-order valence-corrected chi connectivity index (χ2v) is 8.34. The Kier molecular flexibility index (Phi) is 7.99. The number of rotatable bonds is 8. The monoisotopic (exact) mass is 475 g/mol. The molecule has 1 fully saturated rings. The number of nitrogens with zero attached hydrogens (tertiary/aromatic N) is 2. The maximum Gasteiger partial charge on any atom is 0.327 e. The Labute approximate surface area is 195 Å². The first-order chi connectivity index (χ1) is 15.9. The molecule has 0 aliphatic carbocycles. The number of carbonyl (C=O) groups excluding carboxylic acids is 2. The molecule has 176 valence electrons. The van der Waals surface area contributed by atoms with E-state index >= 15 is 0 Å². The van der Waals surface area contributed by atoms with Gasteiger partial charge in [-0.2, -0.15) is 11.8 Å². The molecule has 0 atom stereocenters. The summed E-state index contributed by atoms with van der Waals surface area (Å²) in [6.07, 6.45) is 0.275. The van der Waals surface area contributed by atoms with E-state index < -0.39 is 16.5 Å². The highest BCUT2D eigenvalue weighted by atomic mass is 32.2. The number of nitrogens with one attached hydrogen (secondary N) is 1. The molecule has 1 heterocycles. The summed E-state index contributed by atoms with van der Waals surface area (Å²) in [5.41, 5.74) is 0.467. The first kappa shape index (κ1) is 24.2. The fraction of sp³-hybridized carbons (Fsp3) is 0.364. The summed E-state index contributed by atoms with van der Waals surface area (Å²) in [4.78, 5) is 38.2. The lowest BCUT2D eigenvalue weighted by Crippen LogP contribution is -2.38. The van der Waals surface area contributed by atoms with E-state index in [9.17, 15) is 19.7 Å². The summed E-state index contributed by atoms with van der Waals surface area (Å²) in [6.45, 7) is 1.51. The maximum atomic E-state index is 12.9. The summed E-state index contributed by atoms with van der Waals surface area (Å²) >= 11 is 1.84. The summed E-state index contributed by atoms with van der Waals surface area (Å²) in [5.74, 6) is 1.18.